The van der Waals surface area contributed by atoms with E-state index in [-0.39, 0.29) is 6.10 Å². The van der Waals surface area contributed by atoms with E-state index in [0.717, 1.165) is 83.9 Å². The van der Waals surface area contributed by atoms with Gasteiger partial charge in [0.15, 0.2) is 0 Å². The third kappa shape index (κ3) is 4.77. The molecule has 39 heavy (non-hydrogen) atoms. The minimum Gasteiger partial charge on any atom is -0.392 e. The van der Waals surface area contributed by atoms with Crippen molar-refractivity contribution in [3.63, 3.8) is 0 Å². The number of hydrogen-bond acceptors (Lipinski definition) is 6. The van der Waals surface area contributed by atoms with Gasteiger partial charge in [0, 0.05) is 49.4 Å². The van der Waals surface area contributed by atoms with E-state index in [9.17, 15) is 5.11 Å². The van der Waals surface area contributed by atoms with Crippen LogP contribution < -0.4 is 5.73 Å². The summed E-state index contributed by atoms with van der Waals surface area (Å²) in [5.41, 5.74) is 13.3. The summed E-state index contributed by atoms with van der Waals surface area (Å²) in [4.78, 5) is 17.1. The third-order valence-electron chi connectivity index (χ3n) is 8.07. The maximum absolute atomic E-state index is 9.94. The number of benzene rings is 2. The highest BCUT2D eigenvalue weighted by atomic mass is 16.3. The Hall–Kier alpha value is -3.81. The summed E-state index contributed by atoms with van der Waals surface area (Å²) in [7, 11) is 0. The molecule has 2 fully saturated rings. The lowest BCUT2D eigenvalue weighted by Crippen LogP contribution is -2.43. The van der Waals surface area contributed by atoms with Crippen LogP contribution in [0.1, 0.15) is 62.4 Å². The first-order chi connectivity index (χ1) is 19.1. The zero-order valence-electron chi connectivity index (χ0n) is 22.7. The Labute approximate surface area is 229 Å². The lowest BCUT2D eigenvalue weighted by molar-refractivity contribution is 0.107. The molecular formula is C32H36N6O. The van der Waals surface area contributed by atoms with Crippen LogP contribution in [0, 0.1) is 0 Å². The van der Waals surface area contributed by atoms with Crippen molar-refractivity contribution in [3.05, 3.63) is 84.0 Å². The number of fused-ring (bicyclic) bond motifs is 2. The molecule has 2 aromatic carbocycles. The zero-order valence-corrected chi connectivity index (χ0v) is 22.7. The quantitative estimate of drug-likeness (QED) is 0.352. The Balaban J connectivity index is 0.00000135. The van der Waals surface area contributed by atoms with Crippen LogP contribution in [0.25, 0.3) is 22.9 Å². The van der Waals surface area contributed by atoms with Crippen molar-refractivity contribution >= 4 is 28.8 Å². The Bertz CT molecular complexity index is 1530. The van der Waals surface area contributed by atoms with Crippen molar-refractivity contribution in [2.45, 2.75) is 57.6 Å². The molecule has 1 saturated carbocycles. The minimum atomic E-state index is -0.183. The molecule has 0 spiro atoms. The zero-order chi connectivity index (χ0) is 26.9. The van der Waals surface area contributed by atoms with Crippen LogP contribution in [0.3, 0.4) is 0 Å². The molecule has 4 aromatic rings. The summed E-state index contributed by atoms with van der Waals surface area (Å²) >= 11 is 0. The average Bonchev–Trinajstić information content (AvgIpc) is 3.47. The number of aliphatic hydroxyl groups is 1. The van der Waals surface area contributed by atoms with Crippen molar-refractivity contribution in [3.8, 4) is 11.3 Å². The molecule has 0 radical (unpaired) electrons. The van der Waals surface area contributed by atoms with Gasteiger partial charge in [0.05, 0.1) is 17.5 Å². The number of anilines is 1. The highest BCUT2D eigenvalue weighted by molar-refractivity contribution is 6.04. The number of allylic oxidation sites excluding steroid dienone is 1. The van der Waals surface area contributed by atoms with Crippen molar-refractivity contribution in [2.24, 2.45) is 4.99 Å². The number of β-amino-alcohol motifs (C(OH)–C–C–N with tert-alkyl or cyclic N) is 1. The van der Waals surface area contributed by atoms with Gasteiger partial charge < -0.3 is 10.8 Å². The highest BCUT2D eigenvalue weighted by Gasteiger charge is 2.39. The molecule has 3 aliphatic rings. The predicted molar refractivity (Wildman–Crippen MR) is 158 cm³/mol. The second kappa shape index (κ2) is 10.8. The van der Waals surface area contributed by atoms with Crippen molar-refractivity contribution in [2.75, 3.05) is 18.8 Å². The van der Waals surface area contributed by atoms with Crippen LogP contribution in [0.5, 0.6) is 0 Å². The first-order valence-electron chi connectivity index (χ1n) is 14.1. The van der Waals surface area contributed by atoms with Gasteiger partial charge in [-0.1, -0.05) is 68.5 Å². The summed E-state index contributed by atoms with van der Waals surface area (Å²) in [6.45, 7) is 5.77. The van der Waals surface area contributed by atoms with Crippen molar-refractivity contribution < 1.29 is 5.11 Å². The molecule has 0 bridgehead atoms. The number of nitrogens with two attached hydrogens (primary N) is 1. The van der Waals surface area contributed by atoms with Crippen LogP contribution in [0.2, 0.25) is 0 Å². The number of nitrogen functional groups attached to an aromatic ring is 1. The van der Waals surface area contributed by atoms with Gasteiger partial charge in [0.1, 0.15) is 22.9 Å². The molecule has 0 amide bonds. The maximum Gasteiger partial charge on any atom is 0.150 e. The number of aliphatic imine (C=N–C) groups is 1. The third-order valence-corrected chi connectivity index (χ3v) is 8.07. The van der Waals surface area contributed by atoms with E-state index in [0.29, 0.717) is 17.8 Å². The fourth-order valence-electron chi connectivity index (χ4n) is 6.00. The van der Waals surface area contributed by atoms with E-state index < -0.39 is 0 Å². The SMILES string of the molecule is CC.Nc1nccn2c(C3CC(N4CCC(O)C4)C3)nc(-c3ccc4c(c3)N=C(c3ccccc3)CC=C4)c12. The summed E-state index contributed by atoms with van der Waals surface area (Å²) < 4.78 is 2.13. The maximum atomic E-state index is 9.94. The van der Waals surface area contributed by atoms with E-state index in [4.69, 9.17) is 15.7 Å². The van der Waals surface area contributed by atoms with Crippen LogP contribution in [-0.4, -0.2) is 55.3 Å². The van der Waals surface area contributed by atoms with Gasteiger partial charge >= 0.3 is 0 Å². The number of imidazole rings is 1. The predicted octanol–water partition coefficient (Wildman–Crippen LogP) is 5.86. The summed E-state index contributed by atoms with van der Waals surface area (Å²) in [5, 5.41) is 9.94. The van der Waals surface area contributed by atoms with Crippen molar-refractivity contribution in [1.82, 2.24) is 19.3 Å². The first-order valence-corrected chi connectivity index (χ1v) is 14.1. The highest BCUT2D eigenvalue weighted by Crippen LogP contribution is 2.43. The molecule has 200 valence electrons. The molecule has 2 aliphatic heterocycles. The van der Waals surface area contributed by atoms with E-state index in [1.54, 1.807) is 6.20 Å². The molecule has 1 aliphatic carbocycles. The molecule has 7 nitrogen and oxygen atoms in total. The molecule has 1 unspecified atom stereocenters. The number of aliphatic hydroxyl groups excluding tert-OH is 1. The molecular weight excluding hydrogens is 484 g/mol. The largest absolute Gasteiger partial charge is 0.392 e. The van der Waals surface area contributed by atoms with Gasteiger partial charge in [-0.25, -0.2) is 9.97 Å². The molecule has 2 aromatic heterocycles. The standard InChI is InChI=1S/C30H30N6O.C2H6/c31-29-28-27(21-10-9-20-7-4-8-25(33-26(20)17-21)19-5-2-1-3-6-19)34-30(36(28)14-12-32-29)22-15-23(16-22)35-13-11-24(37)18-35;1-2/h1-7,9-10,12,14,17,22-24,37H,8,11,13,15-16,18H2,(H2,31,32);1-2H3. The fraction of sp³-hybridized carbons (Fsp3) is 0.344. The van der Waals surface area contributed by atoms with Gasteiger partial charge in [-0.2, -0.15) is 0 Å². The molecule has 7 heteroatoms. The number of nitrogens with zero attached hydrogens (tertiary/aromatic N) is 5. The van der Waals surface area contributed by atoms with E-state index in [1.807, 2.05) is 26.1 Å². The van der Waals surface area contributed by atoms with Gasteiger partial charge in [-0.3, -0.25) is 14.3 Å². The average molecular weight is 521 g/mol. The normalized spacial score (nSPS) is 22.4. The number of likely N-dealkylation sites (tertiary alicyclic amines) is 1. The summed E-state index contributed by atoms with van der Waals surface area (Å²) in [6, 6.07) is 17.2. The molecule has 4 heterocycles. The Morgan fingerprint density at radius 3 is 2.62 bits per heavy atom. The summed E-state index contributed by atoms with van der Waals surface area (Å²) in [5.74, 6) is 1.88. The Morgan fingerprint density at radius 1 is 1.03 bits per heavy atom. The lowest BCUT2D eigenvalue weighted by atomic mass is 9.79. The topological polar surface area (TPSA) is 92.0 Å². The van der Waals surface area contributed by atoms with Crippen LogP contribution >= 0.6 is 0 Å². The van der Waals surface area contributed by atoms with E-state index in [1.165, 1.54) is 0 Å². The second-order valence-electron chi connectivity index (χ2n) is 10.4. The minimum absolute atomic E-state index is 0.183. The van der Waals surface area contributed by atoms with Gasteiger partial charge in [0.25, 0.3) is 0 Å². The van der Waals surface area contributed by atoms with Crippen molar-refractivity contribution in [1.29, 1.82) is 0 Å². The first kappa shape index (κ1) is 25.5. The Morgan fingerprint density at radius 2 is 1.85 bits per heavy atom. The van der Waals surface area contributed by atoms with Crippen LogP contribution in [0.4, 0.5) is 11.5 Å². The van der Waals surface area contributed by atoms with Gasteiger partial charge in [-0.05, 0) is 36.5 Å². The summed E-state index contributed by atoms with van der Waals surface area (Å²) in [6.07, 6.45) is 11.6. The monoisotopic (exact) mass is 520 g/mol. The molecule has 1 atom stereocenters. The Kier molecular flexibility index (Phi) is 7.02. The molecule has 7 rings (SSSR count). The van der Waals surface area contributed by atoms with Crippen LogP contribution in [-0.2, 0) is 0 Å². The number of aromatic nitrogens is 3. The smallest absolute Gasteiger partial charge is 0.150 e. The van der Waals surface area contributed by atoms with Gasteiger partial charge in [0.2, 0.25) is 0 Å². The number of rotatable bonds is 4. The fourth-order valence-corrected chi connectivity index (χ4v) is 6.00. The van der Waals surface area contributed by atoms with Crippen LogP contribution in [0.15, 0.2) is 72.0 Å². The van der Waals surface area contributed by atoms with Gasteiger partial charge in [-0.15, -0.1) is 0 Å². The number of hydrogen-bond donors (Lipinski definition) is 2. The van der Waals surface area contributed by atoms with E-state index >= 15 is 0 Å². The molecule has 3 N–H and O–H groups in total. The van der Waals surface area contributed by atoms with E-state index in [2.05, 4.69) is 68.9 Å². The second-order valence-corrected chi connectivity index (χ2v) is 10.4. The lowest BCUT2D eigenvalue weighted by Gasteiger charge is -2.40. The molecule has 1 saturated heterocycles.